The Morgan fingerprint density at radius 2 is 1.38 bits per heavy atom. The predicted molar refractivity (Wildman–Crippen MR) is 79.5 cm³/mol. The summed E-state index contributed by atoms with van der Waals surface area (Å²) in [6, 6.07) is 0. The van der Waals surface area contributed by atoms with E-state index in [0.29, 0.717) is 5.41 Å². The Labute approximate surface area is 109 Å². The van der Waals surface area contributed by atoms with Gasteiger partial charge in [-0.05, 0) is 30.4 Å². The highest BCUT2D eigenvalue weighted by Crippen LogP contribution is 2.34. The topological polar surface area (TPSA) is 0 Å². The van der Waals surface area contributed by atoms with E-state index in [1.807, 2.05) is 0 Å². The summed E-state index contributed by atoms with van der Waals surface area (Å²) in [5.41, 5.74) is 0.615. The Kier molecular flexibility index (Phi) is 10.7. The van der Waals surface area contributed by atoms with Crippen LogP contribution in [0.5, 0.6) is 0 Å². The largest absolute Gasteiger partial charge is 0.179 e. The molecule has 1 unspecified atom stereocenters. The fraction of sp³-hybridized carbons (Fsp3) is 1.00. The minimum Gasteiger partial charge on any atom is -0.179 e. The van der Waals surface area contributed by atoms with Gasteiger partial charge in [-0.3, -0.25) is 0 Å². The lowest BCUT2D eigenvalue weighted by atomic mass is 9.78. The first kappa shape index (κ1) is 16.4. The van der Waals surface area contributed by atoms with Gasteiger partial charge in [0, 0.05) is 0 Å². The van der Waals surface area contributed by atoms with E-state index in [1.54, 1.807) is 0 Å². The zero-order chi connectivity index (χ0) is 12.3. The summed E-state index contributed by atoms with van der Waals surface area (Å²) in [6.07, 6.45) is 13.9. The molecule has 16 heavy (non-hydrogen) atoms. The Morgan fingerprint density at radius 3 is 1.81 bits per heavy atom. The van der Waals surface area contributed by atoms with Crippen LogP contribution in [-0.4, -0.2) is 5.75 Å². The molecule has 0 fully saturated rings. The van der Waals surface area contributed by atoms with Crippen LogP contribution in [0, 0.1) is 5.41 Å². The van der Waals surface area contributed by atoms with E-state index in [0.717, 1.165) is 5.75 Å². The zero-order valence-electron chi connectivity index (χ0n) is 11.7. The van der Waals surface area contributed by atoms with Crippen molar-refractivity contribution in [1.82, 2.24) is 0 Å². The van der Waals surface area contributed by atoms with Crippen LogP contribution in [0.2, 0.25) is 0 Å². The van der Waals surface area contributed by atoms with Gasteiger partial charge in [0.1, 0.15) is 0 Å². The van der Waals surface area contributed by atoms with Crippen molar-refractivity contribution in [3.63, 3.8) is 0 Å². The maximum atomic E-state index is 4.27. The summed E-state index contributed by atoms with van der Waals surface area (Å²) < 4.78 is 0. The van der Waals surface area contributed by atoms with Crippen LogP contribution in [0.25, 0.3) is 0 Å². The molecule has 0 radical (unpaired) electrons. The Balaban J connectivity index is 3.64. The average Bonchev–Trinajstić information content (AvgIpc) is 2.31. The number of unbranched alkanes of at least 4 members (excludes halogenated alkanes) is 5. The van der Waals surface area contributed by atoms with Crippen LogP contribution in [0.3, 0.4) is 0 Å². The lowest BCUT2D eigenvalue weighted by Gasteiger charge is -2.28. The molecular weight excluding hydrogens is 212 g/mol. The van der Waals surface area contributed by atoms with Crippen molar-refractivity contribution in [2.24, 2.45) is 5.41 Å². The van der Waals surface area contributed by atoms with Crippen LogP contribution in [0.4, 0.5) is 0 Å². The van der Waals surface area contributed by atoms with Gasteiger partial charge in [-0.25, -0.2) is 0 Å². The van der Waals surface area contributed by atoms with E-state index < -0.39 is 0 Å². The van der Waals surface area contributed by atoms with E-state index in [4.69, 9.17) is 0 Å². The van der Waals surface area contributed by atoms with Gasteiger partial charge < -0.3 is 0 Å². The molecular formula is C15H32S. The van der Waals surface area contributed by atoms with Gasteiger partial charge in [0.15, 0.2) is 0 Å². The van der Waals surface area contributed by atoms with Gasteiger partial charge in [-0.2, -0.15) is 12.6 Å². The fourth-order valence-corrected chi connectivity index (χ4v) is 2.52. The highest BCUT2D eigenvalue weighted by atomic mass is 32.1. The Bertz CT molecular complexity index is 130. The second-order valence-electron chi connectivity index (χ2n) is 5.51. The van der Waals surface area contributed by atoms with Gasteiger partial charge in [0.05, 0.1) is 0 Å². The zero-order valence-corrected chi connectivity index (χ0v) is 12.6. The summed E-state index contributed by atoms with van der Waals surface area (Å²) in [5, 5.41) is 0. The monoisotopic (exact) mass is 244 g/mol. The molecule has 0 aromatic carbocycles. The second kappa shape index (κ2) is 10.5. The molecule has 0 aliphatic rings. The standard InChI is InChI=1S/C15H32S/c1-4-6-7-9-12-15(3,5-2)13-10-8-11-14-16/h16H,4-14H2,1-3H3. The molecule has 0 aliphatic carbocycles. The Hall–Kier alpha value is 0.350. The van der Waals surface area contributed by atoms with Crippen molar-refractivity contribution >= 4 is 12.6 Å². The van der Waals surface area contributed by atoms with Crippen molar-refractivity contribution < 1.29 is 0 Å². The summed E-state index contributed by atoms with van der Waals surface area (Å²) in [7, 11) is 0. The molecule has 1 atom stereocenters. The van der Waals surface area contributed by atoms with Crippen LogP contribution < -0.4 is 0 Å². The predicted octanol–water partition coefficient (Wildman–Crippen LogP) is 5.86. The highest BCUT2D eigenvalue weighted by Gasteiger charge is 2.20. The maximum absolute atomic E-state index is 4.27. The van der Waals surface area contributed by atoms with Gasteiger partial charge in [0.2, 0.25) is 0 Å². The SMILES string of the molecule is CCCCCCC(C)(CC)CCCCCS. The van der Waals surface area contributed by atoms with Crippen LogP contribution >= 0.6 is 12.6 Å². The number of thiol groups is 1. The number of hydrogen-bond acceptors (Lipinski definition) is 1. The first-order chi connectivity index (χ1) is 7.68. The van der Waals surface area contributed by atoms with Crippen LogP contribution in [-0.2, 0) is 0 Å². The molecule has 0 saturated heterocycles. The molecule has 0 spiro atoms. The van der Waals surface area contributed by atoms with Crippen molar-refractivity contribution in [3.8, 4) is 0 Å². The Morgan fingerprint density at radius 1 is 0.812 bits per heavy atom. The first-order valence-corrected chi connectivity index (χ1v) is 7.92. The minimum atomic E-state index is 0.615. The van der Waals surface area contributed by atoms with E-state index in [2.05, 4.69) is 33.4 Å². The molecule has 0 saturated carbocycles. The summed E-state index contributed by atoms with van der Waals surface area (Å²) in [5.74, 6) is 1.05. The summed E-state index contributed by atoms with van der Waals surface area (Å²) in [6.45, 7) is 7.13. The van der Waals surface area contributed by atoms with E-state index >= 15 is 0 Å². The van der Waals surface area contributed by atoms with Gasteiger partial charge in [0.25, 0.3) is 0 Å². The third-order valence-corrected chi connectivity index (χ3v) is 4.24. The minimum absolute atomic E-state index is 0.615. The molecule has 0 amide bonds. The molecule has 0 aromatic rings. The molecule has 0 nitrogen and oxygen atoms in total. The third-order valence-electron chi connectivity index (χ3n) is 3.93. The van der Waals surface area contributed by atoms with Crippen molar-refractivity contribution in [2.45, 2.75) is 85.0 Å². The van der Waals surface area contributed by atoms with Crippen molar-refractivity contribution in [1.29, 1.82) is 0 Å². The van der Waals surface area contributed by atoms with Gasteiger partial charge in [-0.1, -0.05) is 65.7 Å². The summed E-state index contributed by atoms with van der Waals surface area (Å²) >= 11 is 4.27. The lowest BCUT2D eigenvalue weighted by molar-refractivity contribution is 0.242. The third kappa shape index (κ3) is 8.50. The maximum Gasteiger partial charge on any atom is -0.00979 e. The van der Waals surface area contributed by atoms with Crippen molar-refractivity contribution in [3.05, 3.63) is 0 Å². The van der Waals surface area contributed by atoms with Crippen LogP contribution in [0.1, 0.15) is 85.0 Å². The fourth-order valence-electron chi connectivity index (χ4n) is 2.30. The molecule has 0 N–H and O–H groups in total. The van der Waals surface area contributed by atoms with E-state index in [1.165, 1.54) is 64.2 Å². The van der Waals surface area contributed by atoms with Gasteiger partial charge >= 0.3 is 0 Å². The number of rotatable bonds is 11. The smallest absolute Gasteiger partial charge is 0.00979 e. The quantitative estimate of drug-likeness (QED) is 0.341. The molecule has 0 aliphatic heterocycles. The highest BCUT2D eigenvalue weighted by molar-refractivity contribution is 7.80. The normalized spacial score (nSPS) is 15.0. The molecule has 0 bridgehead atoms. The second-order valence-corrected chi connectivity index (χ2v) is 5.96. The molecule has 1 heteroatoms. The molecule has 98 valence electrons. The lowest BCUT2D eigenvalue weighted by Crippen LogP contribution is -2.15. The summed E-state index contributed by atoms with van der Waals surface area (Å²) in [4.78, 5) is 0. The van der Waals surface area contributed by atoms with E-state index in [9.17, 15) is 0 Å². The van der Waals surface area contributed by atoms with E-state index in [-0.39, 0.29) is 0 Å². The molecule has 0 rings (SSSR count). The van der Waals surface area contributed by atoms with Crippen molar-refractivity contribution in [2.75, 3.05) is 5.75 Å². The van der Waals surface area contributed by atoms with Crippen LogP contribution in [0.15, 0.2) is 0 Å². The van der Waals surface area contributed by atoms with Gasteiger partial charge in [-0.15, -0.1) is 0 Å². The molecule has 0 aromatic heterocycles. The first-order valence-electron chi connectivity index (χ1n) is 7.29. The number of hydrogen-bond donors (Lipinski definition) is 1. The average molecular weight is 244 g/mol. The molecule has 0 heterocycles.